The predicted molar refractivity (Wildman–Crippen MR) is 115 cm³/mol. The quantitative estimate of drug-likeness (QED) is 0.690. The molecule has 1 aromatic heterocycles. The molecule has 0 spiro atoms. The summed E-state index contributed by atoms with van der Waals surface area (Å²) in [5.74, 6) is 0. The van der Waals surface area contributed by atoms with Gasteiger partial charge in [0.15, 0.2) is 0 Å². The molecule has 1 unspecified atom stereocenters. The summed E-state index contributed by atoms with van der Waals surface area (Å²) in [5, 5.41) is 11.3. The van der Waals surface area contributed by atoms with Crippen molar-refractivity contribution in [2.24, 2.45) is 5.14 Å². The van der Waals surface area contributed by atoms with Crippen molar-refractivity contribution >= 4 is 31.8 Å². The maximum absolute atomic E-state index is 11.5. The highest BCUT2D eigenvalue weighted by atomic mass is 32.2. The first-order valence-corrected chi connectivity index (χ1v) is 11.0. The number of rotatable bonds is 5. The second-order valence-electron chi connectivity index (χ2n) is 7.57. The third-order valence-corrected chi connectivity index (χ3v) is 6.48. The summed E-state index contributed by atoms with van der Waals surface area (Å²) in [5.41, 5.74) is 3.40. The summed E-state index contributed by atoms with van der Waals surface area (Å²) in [6.07, 6.45) is 5.73. The fourth-order valence-corrected chi connectivity index (χ4v) is 4.49. The molecule has 5 nitrogen and oxygen atoms in total. The number of nitrogens with zero attached hydrogens (tertiary/aromatic N) is 1. The zero-order valence-electron chi connectivity index (χ0n) is 16.1. The van der Waals surface area contributed by atoms with E-state index < -0.39 is 10.0 Å². The van der Waals surface area contributed by atoms with Crippen LogP contribution in [-0.2, 0) is 23.1 Å². The van der Waals surface area contributed by atoms with E-state index in [1.54, 1.807) is 12.2 Å². The van der Waals surface area contributed by atoms with Crippen LogP contribution in [0.15, 0.2) is 65.6 Å². The molecule has 1 aliphatic rings. The summed E-state index contributed by atoms with van der Waals surface area (Å²) in [6, 6.07) is 15.1. The van der Waals surface area contributed by atoms with Crippen LogP contribution in [0, 0.1) is 0 Å². The fourth-order valence-electron chi connectivity index (χ4n) is 3.91. The van der Waals surface area contributed by atoms with Crippen molar-refractivity contribution in [3.63, 3.8) is 0 Å². The minimum atomic E-state index is -3.64. The van der Waals surface area contributed by atoms with Crippen LogP contribution in [0.5, 0.6) is 0 Å². The van der Waals surface area contributed by atoms with Crippen LogP contribution in [0.4, 0.5) is 0 Å². The number of hydrogen-bond acceptors (Lipinski definition) is 3. The zero-order chi connectivity index (χ0) is 19.9. The van der Waals surface area contributed by atoms with E-state index in [-0.39, 0.29) is 10.4 Å². The highest BCUT2D eigenvalue weighted by molar-refractivity contribution is 7.93. The summed E-state index contributed by atoms with van der Waals surface area (Å²) in [7, 11) is -3.64. The molecule has 0 bridgehead atoms. The molecule has 0 amide bonds. The average Bonchev–Trinajstić information content (AvgIpc) is 2.99. The Hall–Kier alpha value is -2.41. The Morgan fingerprint density at radius 3 is 2.57 bits per heavy atom. The summed E-state index contributed by atoms with van der Waals surface area (Å²) in [4.78, 5) is 0.181. The van der Waals surface area contributed by atoms with E-state index in [0.29, 0.717) is 13.0 Å². The van der Waals surface area contributed by atoms with E-state index in [0.717, 1.165) is 6.54 Å². The first-order chi connectivity index (χ1) is 13.3. The molecule has 4 rings (SSSR count). The maximum Gasteiger partial charge on any atom is 0.237 e. The third kappa shape index (κ3) is 3.39. The van der Waals surface area contributed by atoms with Gasteiger partial charge in [-0.3, -0.25) is 0 Å². The zero-order valence-corrected chi connectivity index (χ0v) is 17.0. The van der Waals surface area contributed by atoms with Crippen molar-refractivity contribution in [2.75, 3.05) is 0 Å². The number of sulfonamides is 1. The lowest BCUT2D eigenvalue weighted by Gasteiger charge is -2.29. The Morgan fingerprint density at radius 1 is 1.14 bits per heavy atom. The van der Waals surface area contributed by atoms with Gasteiger partial charge >= 0.3 is 0 Å². The normalized spacial score (nSPS) is 20.0. The Bertz CT molecular complexity index is 1220. The number of aromatic nitrogens is 1. The van der Waals surface area contributed by atoms with Gasteiger partial charge in [0.2, 0.25) is 10.0 Å². The molecule has 1 aliphatic carbocycles. The first-order valence-electron chi connectivity index (χ1n) is 9.48. The van der Waals surface area contributed by atoms with Crippen molar-refractivity contribution in [1.29, 1.82) is 0 Å². The van der Waals surface area contributed by atoms with Gasteiger partial charge < -0.3 is 9.88 Å². The lowest BCUT2D eigenvalue weighted by Crippen LogP contribution is -2.40. The number of nitrogens with two attached hydrogens (primary N) is 1. The number of hydrogen-bond donors (Lipinski definition) is 2. The number of para-hydroxylation sites is 1. The van der Waals surface area contributed by atoms with Crippen molar-refractivity contribution < 1.29 is 8.42 Å². The van der Waals surface area contributed by atoms with E-state index in [1.165, 1.54) is 27.4 Å². The molecule has 6 heteroatoms. The average molecular weight is 396 g/mol. The number of nitrogens with one attached hydrogen (secondary N) is 1. The number of primary sulfonamides is 1. The van der Waals surface area contributed by atoms with Gasteiger partial charge in [-0.1, -0.05) is 36.4 Å². The molecule has 1 atom stereocenters. The molecule has 1 heterocycles. The number of fused-ring (bicyclic) bond motifs is 3. The number of aryl methyl sites for hydroxylation is 1. The standard InChI is InChI=1S/C22H25N3O2S/c1-3-25-20-7-5-4-6-18(20)19-14-16(8-9-21(19)25)15-24-22(2)12-10-17(11-13-22)28(23,26)27/h4-12,14,24H,3,13,15H2,1-2H3,(H2,23,26,27). The van der Waals surface area contributed by atoms with Crippen molar-refractivity contribution in [2.45, 2.75) is 38.9 Å². The van der Waals surface area contributed by atoms with Crippen LogP contribution in [0.2, 0.25) is 0 Å². The summed E-state index contributed by atoms with van der Waals surface area (Å²) in [6.45, 7) is 5.85. The molecular weight excluding hydrogens is 370 g/mol. The molecule has 3 N–H and O–H groups in total. The predicted octanol–water partition coefficient (Wildman–Crippen LogP) is 3.80. The highest BCUT2D eigenvalue weighted by Crippen LogP contribution is 2.30. The summed E-state index contributed by atoms with van der Waals surface area (Å²) >= 11 is 0. The smallest absolute Gasteiger partial charge is 0.237 e. The Labute approximate surface area is 165 Å². The molecule has 146 valence electrons. The third-order valence-electron chi connectivity index (χ3n) is 5.52. The van der Waals surface area contributed by atoms with Crippen LogP contribution in [0.1, 0.15) is 25.8 Å². The minimum Gasteiger partial charge on any atom is -0.341 e. The number of allylic oxidation sites excluding steroid dienone is 1. The molecule has 0 aliphatic heterocycles. The second-order valence-corrected chi connectivity index (χ2v) is 9.13. The molecular formula is C22H25N3O2S. The minimum absolute atomic E-state index is 0.181. The van der Waals surface area contributed by atoms with E-state index in [2.05, 4.69) is 66.2 Å². The van der Waals surface area contributed by atoms with E-state index in [9.17, 15) is 8.42 Å². The van der Waals surface area contributed by atoms with Gasteiger partial charge in [0, 0.05) is 40.4 Å². The van der Waals surface area contributed by atoms with Gasteiger partial charge in [-0.15, -0.1) is 0 Å². The molecule has 2 aromatic carbocycles. The Balaban J connectivity index is 1.59. The van der Waals surface area contributed by atoms with E-state index in [1.807, 2.05) is 6.08 Å². The van der Waals surface area contributed by atoms with Crippen LogP contribution in [0.25, 0.3) is 21.8 Å². The van der Waals surface area contributed by atoms with Crippen LogP contribution < -0.4 is 10.5 Å². The molecule has 0 radical (unpaired) electrons. The van der Waals surface area contributed by atoms with Gasteiger partial charge in [-0.05, 0) is 50.1 Å². The van der Waals surface area contributed by atoms with Crippen LogP contribution in [-0.4, -0.2) is 18.5 Å². The van der Waals surface area contributed by atoms with Crippen molar-refractivity contribution in [1.82, 2.24) is 9.88 Å². The van der Waals surface area contributed by atoms with Gasteiger partial charge in [-0.2, -0.15) is 0 Å². The van der Waals surface area contributed by atoms with Crippen LogP contribution in [0.3, 0.4) is 0 Å². The Morgan fingerprint density at radius 2 is 1.89 bits per heavy atom. The maximum atomic E-state index is 11.5. The lowest BCUT2D eigenvalue weighted by atomic mass is 9.93. The SMILES string of the molecule is CCn1c2ccccc2c2cc(CNC3(C)C=CC(S(N)(=O)=O)=CC3)ccc21. The lowest BCUT2D eigenvalue weighted by molar-refractivity contribution is 0.435. The highest BCUT2D eigenvalue weighted by Gasteiger charge is 2.24. The molecule has 0 saturated heterocycles. The topological polar surface area (TPSA) is 77.1 Å². The molecule has 0 saturated carbocycles. The van der Waals surface area contributed by atoms with Crippen molar-refractivity contribution in [3.8, 4) is 0 Å². The van der Waals surface area contributed by atoms with Crippen molar-refractivity contribution in [3.05, 3.63) is 71.2 Å². The molecule has 28 heavy (non-hydrogen) atoms. The van der Waals surface area contributed by atoms with E-state index in [4.69, 9.17) is 5.14 Å². The number of benzene rings is 2. The first kappa shape index (κ1) is 18.9. The second kappa shape index (κ2) is 6.88. The van der Waals surface area contributed by atoms with E-state index >= 15 is 0 Å². The van der Waals surface area contributed by atoms with Gasteiger partial charge in [-0.25, -0.2) is 13.6 Å². The fraction of sp³-hybridized carbons (Fsp3) is 0.273. The largest absolute Gasteiger partial charge is 0.341 e. The van der Waals surface area contributed by atoms with Crippen LogP contribution >= 0.6 is 0 Å². The molecule has 3 aromatic rings. The monoisotopic (exact) mass is 395 g/mol. The Kier molecular flexibility index (Phi) is 4.65. The van der Waals surface area contributed by atoms with Gasteiger partial charge in [0.1, 0.15) is 0 Å². The van der Waals surface area contributed by atoms with Gasteiger partial charge in [0.25, 0.3) is 0 Å². The molecule has 0 fully saturated rings. The summed E-state index contributed by atoms with van der Waals surface area (Å²) < 4.78 is 25.3. The van der Waals surface area contributed by atoms with Gasteiger partial charge in [0.05, 0.1) is 4.91 Å².